The zero-order valence-electron chi connectivity index (χ0n) is 10.5. The first kappa shape index (κ1) is 11.7. The van der Waals surface area contributed by atoms with Gasteiger partial charge in [-0.2, -0.15) is 0 Å². The van der Waals surface area contributed by atoms with Gasteiger partial charge in [-0.15, -0.1) is 17.9 Å². The molecule has 0 spiro atoms. The van der Waals surface area contributed by atoms with Gasteiger partial charge >= 0.3 is 0 Å². The van der Waals surface area contributed by atoms with Gasteiger partial charge in [0.05, 0.1) is 11.7 Å². The van der Waals surface area contributed by atoms with Crippen LogP contribution in [0.2, 0.25) is 0 Å². The number of thiophene rings is 1. The summed E-state index contributed by atoms with van der Waals surface area (Å²) in [4.78, 5) is 19.1. The van der Waals surface area contributed by atoms with Crippen molar-refractivity contribution < 1.29 is 0 Å². The Kier molecular flexibility index (Phi) is 2.82. The first-order valence-electron chi connectivity index (χ1n) is 6.31. The van der Waals surface area contributed by atoms with Gasteiger partial charge in [0.2, 0.25) is 0 Å². The van der Waals surface area contributed by atoms with Crippen LogP contribution in [0.15, 0.2) is 23.8 Å². The van der Waals surface area contributed by atoms with E-state index in [4.69, 9.17) is 0 Å². The van der Waals surface area contributed by atoms with Gasteiger partial charge in [0, 0.05) is 11.4 Å². The third kappa shape index (κ3) is 1.72. The Balaban J connectivity index is 2.25. The molecule has 0 aliphatic heterocycles. The van der Waals surface area contributed by atoms with Crippen LogP contribution >= 0.6 is 11.3 Å². The SMILES string of the molecule is C=CCn1cnc2sc3c(c2c1=O)CC[C@@H](C)C3. The van der Waals surface area contributed by atoms with E-state index in [1.54, 1.807) is 28.3 Å². The number of hydrogen-bond acceptors (Lipinski definition) is 3. The predicted molar refractivity (Wildman–Crippen MR) is 75.3 cm³/mol. The first-order valence-corrected chi connectivity index (χ1v) is 7.13. The summed E-state index contributed by atoms with van der Waals surface area (Å²) in [5, 5.41) is 0.853. The lowest BCUT2D eigenvalue weighted by molar-refractivity contribution is 0.509. The van der Waals surface area contributed by atoms with Crippen molar-refractivity contribution in [2.75, 3.05) is 0 Å². The molecule has 94 valence electrons. The van der Waals surface area contributed by atoms with Gasteiger partial charge in [-0.25, -0.2) is 4.98 Å². The summed E-state index contributed by atoms with van der Waals surface area (Å²) < 4.78 is 1.64. The Bertz CT molecular complexity index is 668. The van der Waals surface area contributed by atoms with Crippen molar-refractivity contribution in [1.29, 1.82) is 0 Å². The molecule has 1 atom stereocenters. The van der Waals surface area contributed by atoms with Gasteiger partial charge in [-0.3, -0.25) is 9.36 Å². The maximum absolute atomic E-state index is 12.4. The summed E-state index contributed by atoms with van der Waals surface area (Å²) in [5.41, 5.74) is 1.34. The second kappa shape index (κ2) is 4.35. The molecule has 2 aromatic heterocycles. The van der Waals surface area contributed by atoms with Gasteiger partial charge in [0.1, 0.15) is 4.83 Å². The molecule has 0 radical (unpaired) electrons. The van der Waals surface area contributed by atoms with Gasteiger partial charge in [0.15, 0.2) is 0 Å². The normalized spacial score (nSPS) is 18.8. The monoisotopic (exact) mass is 260 g/mol. The summed E-state index contributed by atoms with van der Waals surface area (Å²) >= 11 is 1.69. The molecule has 18 heavy (non-hydrogen) atoms. The highest BCUT2D eigenvalue weighted by Gasteiger charge is 2.22. The molecule has 0 aromatic carbocycles. The van der Waals surface area contributed by atoms with Crippen molar-refractivity contribution in [1.82, 2.24) is 9.55 Å². The molecule has 4 heteroatoms. The van der Waals surface area contributed by atoms with E-state index in [1.807, 2.05) is 0 Å². The van der Waals surface area contributed by atoms with Crippen LogP contribution in [0, 0.1) is 5.92 Å². The molecule has 3 nitrogen and oxygen atoms in total. The molecule has 3 rings (SSSR count). The third-order valence-corrected chi connectivity index (χ3v) is 4.77. The molecule has 0 unspecified atom stereocenters. The Labute approximate surface area is 110 Å². The average molecular weight is 260 g/mol. The summed E-state index contributed by atoms with van der Waals surface area (Å²) in [6, 6.07) is 0. The predicted octanol–water partition coefficient (Wildman–Crippen LogP) is 2.77. The molecule has 0 bridgehead atoms. The maximum Gasteiger partial charge on any atom is 0.262 e. The molecular weight excluding hydrogens is 244 g/mol. The quantitative estimate of drug-likeness (QED) is 0.778. The Morgan fingerprint density at radius 2 is 2.50 bits per heavy atom. The zero-order valence-corrected chi connectivity index (χ0v) is 11.3. The topological polar surface area (TPSA) is 34.9 Å². The van der Waals surface area contributed by atoms with E-state index in [0.717, 1.165) is 29.0 Å². The lowest BCUT2D eigenvalue weighted by Crippen LogP contribution is -2.20. The molecule has 2 heterocycles. The first-order chi connectivity index (χ1) is 8.70. The van der Waals surface area contributed by atoms with E-state index in [9.17, 15) is 4.79 Å². The van der Waals surface area contributed by atoms with Crippen LogP contribution in [0.5, 0.6) is 0 Å². The highest BCUT2D eigenvalue weighted by Crippen LogP contribution is 2.35. The summed E-state index contributed by atoms with van der Waals surface area (Å²) in [6.07, 6.45) is 6.66. The summed E-state index contributed by atoms with van der Waals surface area (Å²) in [6.45, 7) is 6.48. The fourth-order valence-corrected chi connectivity index (χ4v) is 3.98. The van der Waals surface area contributed by atoms with Crippen molar-refractivity contribution in [3.05, 3.63) is 39.8 Å². The van der Waals surface area contributed by atoms with Crippen molar-refractivity contribution in [2.45, 2.75) is 32.7 Å². The number of rotatable bonds is 2. The van der Waals surface area contributed by atoms with Gasteiger partial charge < -0.3 is 0 Å². The molecule has 2 aromatic rings. The summed E-state index contributed by atoms with van der Waals surface area (Å²) in [5.74, 6) is 0.723. The smallest absolute Gasteiger partial charge is 0.262 e. The van der Waals surface area contributed by atoms with E-state index in [0.29, 0.717) is 6.54 Å². The zero-order chi connectivity index (χ0) is 12.7. The Hall–Kier alpha value is -1.42. The van der Waals surface area contributed by atoms with Crippen molar-refractivity contribution in [3.8, 4) is 0 Å². The third-order valence-electron chi connectivity index (χ3n) is 3.61. The number of hydrogen-bond donors (Lipinski definition) is 0. The number of aryl methyl sites for hydroxylation is 1. The van der Waals surface area contributed by atoms with Crippen molar-refractivity contribution in [3.63, 3.8) is 0 Å². The van der Waals surface area contributed by atoms with E-state index in [2.05, 4.69) is 18.5 Å². The highest BCUT2D eigenvalue weighted by atomic mass is 32.1. The number of allylic oxidation sites excluding steroid dienone is 1. The van der Waals surface area contributed by atoms with Gasteiger partial charge in [0.25, 0.3) is 5.56 Å². The van der Waals surface area contributed by atoms with Crippen molar-refractivity contribution >= 4 is 21.6 Å². The van der Waals surface area contributed by atoms with Crippen LogP contribution in [0.1, 0.15) is 23.8 Å². The number of aromatic nitrogens is 2. The minimum absolute atomic E-state index is 0.0898. The fraction of sp³-hybridized carbons (Fsp3) is 0.429. The van der Waals surface area contributed by atoms with Crippen LogP contribution in [-0.2, 0) is 19.4 Å². The molecule has 0 saturated heterocycles. The standard InChI is InChI=1S/C14H16N2OS/c1-3-6-16-8-15-13-12(14(16)17)10-5-4-9(2)7-11(10)18-13/h3,8-9H,1,4-7H2,2H3/t9-/m1/s1. The Morgan fingerprint density at radius 1 is 1.67 bits per heavy atom. The van der Waals surface area contributed by atoms with Crippen LogP contribution in [-0.4, -0.2) is 9.55 Å². The van der Waals surface area contributed by atoms with Crippen LogP contribution in [0.4, 0.5) is 0 Å². The number of nitrogens with zero attached hydrogens (tertiary/aromatic N) is 2. The largest absolute Gasteiger partial charge is 0.295 e. The number of fused-ring (bicyclic) bond motifs is 3. The lowest BCUT2D eigenvalue weighted by atomic mass is 9.89. The fourth-order valence-electron chi connectivity index (χ4n) is 2.64. The molecule has 1 aliphatic rings. The molecule has 0 N–H and O–H groups in total. The highest BCUT2D eigenvalue weighted by molar-refractivity contribution is 7.18. The minimum atomic E-state index is 0.0898. The molecule has 1 aliphatic carbocycles. The molecular formula is C14H16N2OS. The average Bonchev–Trinajstić information content (AvgIpc) is 2.71. The second-order valence-electron chi connectivity index (χ2n) is 5.02. The van der Waals surface area contributed by atoms with E-state index < -0.39 is 0 Å². The van der Waals surface area contributed by atoms with E-state index in [1.165, 1.54) is 16.9 Å². The van der Waals surface area contributed by atoms with Gasteiger partial charge in [-0.1, -0.05) is 13.0 Å². The molecule has 0 fully saturated rings. The van der Waals surface area contributed by atoms with Crippen LogP contribution in [0.3, 0.4) is 0 Å². The van der Waals surface area contributed by atoms with Crippen LogP contribution < -0.4 is 5.56 Å². The van der Waals surface area contributed by atoms with Gasteiger partial charge in [-0.05, 0) is 30.7 Å². The van der Waals surface area contributed by atoms with Crippen molar-refractivity contribution in [2.24, 2.45) is 5.92 Å². The summed E-state index contributed by atoms with van der Waals surface area (Å²) in [7, 11) is 0. The lowest BCUT2D eigenvalue weighted by Gasteiger charge is -2.17. The van der Waals surface area contributed by atoms with E-state index in [-0.39, 0.29) is 5.56 Å². The van der Waals surface area contributed by atoms with Crippen LogP contribution in [0.25, 0.3) is 10.2 Å². The Morgan fingerprint density at radius 3 is 3.28 bits per heavy atom. The minimum Gasteiger partial charge on any atom is -0.295 e. The molecule has 0 amide bonds. The second-order valence-corrected chi connectivity index (χ2v) is 6.11. The molecule has 0 saturated carbocycles. The van der Waals surface area contributed by atoms with E-state index >= 15 is 0 Å². The maximum atomic E-state index is 12.4.